The summed E-state index contributed by atoms with van der Waals surface area (Å²) < 4.78 is 29.2. The SMILES string of the molecule is Cc1nc(CN2C(=O)CN(C(C(=O)N[C@@H](Cc3ccccc3)[C@H](O)CN(CC3CCC3)S(=O)(=O)c3ccc(/C=N/O)cc3)C(C)C)C2=O)cs1. The number of amides is 4. The second kappa shape index (κ2) is 16.2. The molecule has 268 valence electrons. The Labute approximate surface area is 296 Å². The molecule has 4 amide bonds. The highest BCUT2D eigenvalue weighted by Gasteiger charge is 2.44. The lowest BCUT2D eigenvalue weighted by atomic mass is 9.85. The van der Waals surface area contributed by atoms with Crippen LogP contribution in [0.2, 0.25) is 0 Å². The molecular formula is C35H44N6O7S2. The summed E-state index contributed by atoms with van der Waals surface area (Å²) in [6, 6.07) is 12.6. The number of carbonyl (C=O) groups excluding carboxylic acids is 3. The lowest BCUT2D eigenvalue weighted by molar-refractivity contribution is -0.129. The number of aliphatic hydroxyl groups excluding tert-OH is 1. The molecule has 1 saturated carbocycles. The third-order valence-electron chi connectivity index (χ3n) is 9.20. The van der Waals surface area contributed by atoms with Crippen molar-refractivity contribution in [3.63, 3.8) is 0 Å². The molecule has 1 saturated heterocycles. The van der Waals surface area contributed by atoms with Crippen LogP contribution in [0.5, 0.6) is 0 Å². The van der Waals surface area contributed by atoms with Gasteiger partial charge in [-0.25, -0.2) is 18.2 Å². The number of benzene rings is 2. The van der Waals surface area contributed by atoms with Gasteiger partial charge < -0.3 is 20.5 Å². The molecule has 3 atom stereocenters. The van der Waals surface area contributed by atoms with Crippen LogP contribution in [0.1, 0.15) is 54.9 Å². The molecule has 2 aromatic carbocycles. The number of imide groups is 1. The van der Waals surface area contributed by atoms with E-state index in [-0.39, 0.29) is 43.4 Å². The van der Waals surface area contributed by atoms with Crippen LogP contribution in [0.25, 0.3) is 0 Å². The third-order valence-corrected chi connectivity index (χ3v) is 11.9. The number of nitrogens with zero attached hydrogens (tertiary/aromatic N) is 5. The van der Waals surface area contributed by atoms with Gasteiger partial charge in [0.1, 0.15) is 12.6 Å². The van der Waals surface area contributed by atoms with Crippen molar-refractivity contribution >= 4 is 45.4 Å². The Morgan fingerprint density at radius 2 is 1.84 bits per heavy atom. The number of hydrogen-bond donors (Lipinski definition) is 3. The number of aliphatic hydroxyl groups is 1. The van der Waals surface area contributed by atoms with Crippen LogP contribution in [-0.2, 0) is 32.6 Å². The number of aryl methyl sites for hydroxylation is 1. The lowest BCUT2D eigenvalue weighted by Gasteiger charge is -2.36. The van der Waals surface area contributed by atoms with Gasteiger partial charge in [0.05, 0.1) is 40.5 Å². The van der Waals surface area contributed by atoms with Gasteiger partial charge in [-0.3, -0.25) is 14.5 Å². The maximum absolute atomic E-state index is 14.1. The number of sulfonamides is 1. The van der Waals surface area contributed by atoms with Gasteiger partial charge in [-0.15, -0.1) is 11.3 Å². The average Bonchev–Trinajstić information content (AvgIpc) is 3.59. The molecule has 1 aliphatic heterocycles. The number of carbonyl (C=O) groups is 3. The maximum atomic E-state index is 14.1. The smallest absolute Gasteiger partial charge is 0.328 e. The fourth-order valence-corrected chi connectivity index (χ4v) is 8.45. The van der Waals surface area contributed by atoms with Crippen molar-refractivity contribution < 1.29 is 33.1 Å². The monoisotopic (exact) mass is 724 g/mol. The topological polar surface area (TPSA) is 173 Å². The second-order valence-electron chi connectivity index (χ2n) is 13.2. The van der Waals surface area contributed by atoms with Crippen molar-refractivity contribution in [1.29, 1.82) is 0 Å². The van der Waals surface area contributed by atoms with E-state index in [0.717, 1.165) is 34.7 Å². The highest BCUT2D eigenvalue weighted by atomic mass is 32.2. The van der Waals surface area contributed by atoms with Crippen LogP contribution in [-0.4, -0.2) is 99.7 Å². The largest absolute Gasteiger partial charge is 0.411 e. The summed E-state index contributed by atoms with van der Waals surface area (Å²) in [5.41, 5.74) is 1.91. The molecule has 3 aromatic rings. The van der Waals surface area contributed by atoms with E-state index in [1.165, 1.54) is 51.0 Å². The van der Waals surface area contributed by atoms with E-state index < -0.39 is 52.0 Å². The van der Waals surface area contributed by atoms with E-state index in [9.17, 15) is 27.9 Å². The van der Waals surface area contributed by atoms with Crippen molar-refractivity contribution in [1.82, 2.24) is 24.4 Å². The Kier molecular flexibility index (Phi) is 12.0. The van der Waals surface area contributed by atoms with Crippen LogP contribution in [0.15, 0.2) is 70.0 Å². The summed E-state index contributed by atoms with van der Waals surface area (Å²) in [6.07, 6.45) is 2.79. The van der Waals surface area contributed by atoms with Gasteiger partial charge in [0.15, 0.2) is 0 Å². The Hall–Kier alpha value is -4.18. The summed E-state index contributed by atoms with van der Waals surface area (Å²) in [5.74, 6) is -1.24. The molecule has 1 aliphatic carbocycles. The van der Waals surface area contributed by atoms with Crippen molar-refractivity contribution in [2.75, 3.05) is 19.6 Å². The summed E-state index contributed by atoms with van der Waals surface area (Å²) in [6.45, 7) is 5.04. The fraction of sp³-hybridized carbons (Fsp3) is 0.457. The molecule has 50 heavy (non-hydrogen) atoms. The first-order valence-electron chi connectivity index (χ1n) is 16.7. The summed E-state index contributed by atoms with van der Waals surface area (Å²) in [5, 5.41) is 29.2. The van der Waals surface area contributed by atoms with Crippen LogP contribution < -0.4 is 5.32 Å². The van der Waals surface area contributed by atoms with Gasteiger partial charge >= 0.3 is 6.03 Å². The molecule has 0 radical (unpaired) electrons. The highest BCUT2D eigenvalue weighted by molar-refractivity contribution is 7.89. The Morgan fingerprint density at radius 3 is 2.42 bits per heavy atom. The van der Waals surface area contributed by atoms with E-state index in [1.54, 1.807) is 19.2 Å². The van der Waals surface area contributed by atoms with Gasteiger partial charge in [-0.2, -0.15) is 4.31 Å². The quantitative estimate of drug-likeness (QED) is 0.0870. The molecule has 0 spiro atoms. The molecule has 3 N–H and O–H groups in total. The molecule has 5 rings (SSSR count). The standard InChI is InChI=1S/C35H44N6O7S2/c1-23(2)33(41-21-32(43)40(35(41)45)19-28-22-49-24(3)37-28)34(44)38-30(16-25-8-5-4-6-9-25)31(42)20-39(18-27-10-7-11-27)50(47,48)29-14-12-26(13-15-29)17-36-46/h4-6,8-9,12-15,17,22-23,27,30-31,33,42,46H,7,10-11,16,18-21H2,1-3H3,(H,38,44)/b36-17+/t30-,31+,33?/m0/s1. The van der Waals surface area contributed by atoms with Crippen molar-refractivity contribution in [2.24, 2.45) is 17.0 Å². The zero-order valence-electron chi connectivity index (χ0n) is 28.4. The Bertz CT molecular complexity index is 1780. The van der Waals surface area contributed by atoms with Crippen LogP contribution in [0.4, 0.5) is 4.79 Å². The first kappa shape index (κ1) is 37.1. The summed E-state index contributed by atoms with van der Waals surface area (Å²) >= 11 is 1.42. The molecule has 2 heterocycles. The Morgan fingerprint density at radius 1 is 1.14 bits per heavy atom. The minimum Gasteiger partial charge on any atom is -0.411 e. The molecule has 1 aromatic heterocycles. The minimum absolute atomic E-state index is 0.00331. The number of nitrogens with one attached hydrogen (secondary N) is 1. The fourth-order valence-electron chi connectivity index (χ4n) is 6.31. The predicted molar refractivity (Wildman–Crippen MR) is 188 cm³/mol. The minimum atomic E-state index is -4.07. The molecule has 1 unspecified atom stereocenters. The molecule has 0 bridgehead atoms. The first-order chi connectivity index (χ1) is 23.9. The van der Waals surface area contributed by atoms with E-state index >= 15 is 0 Å². The lowest BCUT2D eigenvalue weighted by Crippen LogP contribution is -2.57. The zero-order chi connectivity index (χ0) is 36.0. The molecule has 13 nitrogen and oxygen atoms in total. The zero-order valence-corrected chi connectivity index (χ0v) is 30.0. The van der Waals surface area contributed by atoms with Gasteiger partial charge in [-0.1, -0.05) is 67.9 Å². The molecular weight excluding hydrogens is 681 g/mol. The predicted octanol–water partition coefficient (Wildman–Crippen LogP) is 3.63. The molecule has 2 aliphatic rings. The number of thiazole rings is 1. The van der Waals surface area contributed by atoms with Crippen LogP contribution >= 0.6 is 11.3 Å². The van der Waals surface area contributed by atoms with E-state index in [4.69, 9.17) is 5.21 Å². The summed E-state index contributed by atoms with van der Waals surface area (Å²) in [4.78, 5) is 47.4. The van der Waals surface area contributed by atoms with Crippen LogP contribution in [0.3, 0.4) is 0 Å². The van der Waals surface area contributed by atoms with Gasteiger partial charge in [0.25, 0.3) is 5.91 Å². The van der Waals surface area contributed by atoms with E-state index in [0.29, 0.717) is 11.3 Å². The third kappa shape index (κ3) is 8.75. The van der Waals surface area contributed by atoms with Crippen molar-refractivity contribution in [3.8, 4) is 0 Å². The van der Waals surface area contributed by atoms with Crippen LogP contribution in [0, 0.1) is 18.8 Å². The second-order valence-corrected chi connectivity index (χ2v) is 16.2. The van der Waals surface area contributed by atoms with E-state index in [2.05, 4.69) is 15.5 Å². The Balaban J connectivity index is 1.38. The van der Waals surface area contributed by atoms with Gasteiger partial charge in [0.2, 0.25) is 15.9 Å². The number of oxime groups is 1. The number of aromatic nitrogens is 1. The van der Waals surface area contributed by atoms with Crippen molar-refractivity contribution in [2.45, 2.75) is 76.1 Å². The van der Waals surface area contributed by atoms with Crippen molar-refractivity contribution in [3.05, 3.63) is 81.8 Å². The van der Waals surface area contributed by atoms with E-state index in [1.807, 2.05) is 37.3 Å². The number of urea groups is 1. The molecule has 2 fully saturated rings. The molecule has 15 heteroatoms. The van der Waals surface area contributed by atoms with Gasteiger partial charge in [0, 0.05) is 18.5 Å². The number of rotatable bonds is 16. The van der Waals surface area contributed by atoms with Gasteiger partial charge in [-0.05, 0) is 61.3 Å². The maximum Gasteiger partial charge on any atom is 0.328 e. The normalized spacial score (nSPS) is 17.5. The average molecular weight is 725 g/mol. The summed E-state index contributed by atoms with van der Waals surface area (Å²) in [7, 11) is -4.07. The first-order valence-corrected chi connectivity index (χ1v) is 19.0. The highest BCUT2D eigenvalue weighted by Crippen LogP contribution is 2.30. The number of hydrogen-bond acceptors (Lipinski definition) is 10.